The maximum absolute atomic E-state index is 8.46. The lowest BCUT2D eigenvalue weighted by molar-refractivity contribution is 0.994. The summed E-state index contributed by atoms with van der Waals surface area (Å²) in [7, 11) is 0. The van der Waals surface area contributed by atoms with E-state index in [1.165, 1.54) is 0 Å². The lowest BCUT2D eigenvalue weighted by atomic mass is 10.1. The van der Waals surface area contributed by atoms with Gasteiger partial charge in [-0.25, -0.2) is 0 Å². The molecular weight excluding hydrogens is 150 g/mol. The smallest absolute Gasteiger partial charge is 0.0670 e. The van der Waals surface area contributed by atoms with Crippen LogP contribution in [0.2, 0.25) is 0 Å². The van der Waals surface area contributed by atoms with E-state index in [0.717, 1.165) is 17.5 Å². The van der Waals surface area contributed by atoms with Gasteiger partial charge in [0, 0.05) is 18.8 Å². The van der Waals surface area contributed by atoms with Crippen LogP contribution in [-0.4, -0.2) is 4.98 Å². The number of aromatic nitrogens is 1. The van der Waals surface area contributed by atoms with Gasteiger partial charge in [0.15, 0.2) is 0 Å². The van der Waals surface area contributed by atoms with Crippen LogP contribution >= 0.6 is 0 Å². The second kappa shape index (κ2) is 4.20. The van der Waals surface area contributed by atoms with Gasteiger partial charge in [0.05, 0.1) is 18.6 Å². The van der Waals surface area contributed by atoms with Crippen LogP contribution in [0.25, 0.3) is 0 Å². The van der Waals surface area contributed by atoms with E-state index >= 15 is 0 Å². The molecule has 0 aliphatic carbocycles. The highest BCUT2D eigenvalue weighted by Crippen LogP contribution is 2.10. The number of aromatic amines is 1. The highest BCUT2D eigenvalue weighted by Gasteiger charge is 2.01. The van der Waals surface area contributed by atoms with Crippen molar-refractivity contribution in [3.05, 3.63) is 23.5 Å². The molecule has 1 aromatic rings. The van der Waals surface area contributed by atoms with E-state index < -0.39 is 0 Å². The average molecular weight is 159 g/mol. The van der Waals surface area contributed by atoms with Gasteiger partial charge in [0.1, 0.15) is 0 Å². The lowest BCUT2D eigenvalue weighted by Gasteiger charge is -1.94. The Balaban J connectivity index is 2.66. The molecule has 0 bridgehead atoms. The average Bonchev–Trinajstić information content (AvgIpc) is 2.50. The van der Waals surface area contributed by atoms with Crippen LogP contribution in [-0.2, 0) is 12.8 Å². The molecule has 0 fully saturated rings. The fraction of sp³-hybridized carbons (Fsp3) is 0.333. The van der Waals surface area contributed by atoms with E-state index in [1.807, 2.05) is 12.4 Å². The number of rotatable bonds is 3. The summed E-state index contributed by atoms with van der Waals surface area (Å²) in [6.45, 7) is 0. The number of hydrogen-bond donors (Lipinski definition) is 1. The van der Waals surface area contributed by atoms with Crippen LogP contribution in [0.3, 0.4) is 0 Å². The van der Waals surface area contributed by atoms with Gasteiger partial charge in [-0.2, -0.15) is 10.5 Å². The maximum atomic E-state index is 8.46. The molecule has 3 nitrogen and oxygen atoms in total. The molecule has 1 aromatic heterocycles. The van der Waals surface area contributed by atoms with Crippen LogP contribution in [0, 0.1) is 22.7 Å². The van der Waals surface area contributed by atoms with Crippen LogP contribution in [0.5, 0.6) is 0 Å². The molecule has 1 N–H and O–H groups in total. The second-order valence-electron chi connectivity index (χ2n) is 2.50. The van der Waals surface area contributed by atoms with Crippen LogP contribution in [0.15, 0.2) is 12.4 Å². The van der Waals surface area contributed by atoms with Gasteiger partial charge in [0.25, 0.3) is 0 Å². The molecule has 1 heterocycles. The third-order valence-electron chi connectivity index (χ3n) is 1.70. The molecule has 3 heteroatoms. The molecule has 1 rings (SSSR count). The zero-order chi connectivity index (χ0) is 8.81. The number of hydrogen-bond acceptors (Lipinski definition) is 2. The molecule has 12 heavy (non-hydrogen) atoms. The van der Waals surface area contributed by atoms with Crippen molar-refractivity contribution in [1.29, 1.82) is 10.5 Å². The first-order valence-corrected chi connectivity index (χ1v) is 3.77. The largest absolute Gasteiger partial charge is 0.367 e. The van der Waals surface area contributed by atoms with E-state index in [0.29, 0.717) is 12.8 Å². The molecule has 60 valence electrons. The van der Waals surface area contributed by atoms with Crippen molar-refractivity contribution in [2.45, 2.75) is 19.3 Å². The normalized spacial score (nSPS) is 8.83. The summed E-state index contributed by atoms with van der Waals surface area (Å²) in [5.74, 6) is 0. The quantitative estimate of drug-likeness (QED) is 0.727. The van der Waals surface area contributed by atoms with Crippen molar-refractivity contribution in [1.82, 2.24) is 4.98 Å². The molecule has 0 unspecified atom stereocenters. The van der Waals surface area contributed by atoms with Crippen molar-refractivity contribution in [3.8, 4) is 12.1 Å². The third kappa shape index (κ3) is 1.87. The van der Waals surface area contributed by atoms with Crippen molar-refractivity contribution < 1.29 is 0 Å². The Morgan fingerprint density at radius 3 is 2.58 bits per heavy atom. The topological polar surface area (TPSA) is 63.4 Å². The van der Waals surface area contributed by atoms with E-state index in [1.54, 1.807) is 0 Å². The third-order valence-corrected chi connectivity index (χ3v) is 1.70. The Labute approximate surface area is 71.3 Å². The lowest BCUT2D eigenvalue weighted by Crippen LogP contribution is -1.87. The number of nitrogens with zero attached hydrogens (tertiary/aromatic N) is 2. The molecule has 0 saturated heterocycles. The van der Waals surface area contributed by atoms with Crippen LogP contribution in [0.4, 0.5) is 0 Å². The Morgan fingerprint density at radius 2 is 1.92 bits per heavy atom. The summed E-state index contributed by atoms with van der Waals surface area (Å²) < 4.78 is 0. The summed E-state index contributed by atoms with van der Waals surface area (Å²) in [6, 6.07) is 4.16. The van der Waals surface area contributed by atoms with Crippen molar-refractivity contribution in [3.63, 3.8) is 0 Å². The zero-order valence-electron chi connectivity index (χ0n) is 6.67. The molecule has 0 aromatic carbocycles. The number of aryl methyl sites for hydroxylation is 1. The maximum Gasteiger partial charge on any atom is 0.0670 e. The Morgan fingerprint density at radius 1 is 1.17 bits per heavy atom. The van der Waals surface area contributed by atoms with E-state index in [-0.39, 0.29) is 0 Å². The first-order chi connectivity index (χ1) is 5.88. The Hall–Kier alpha value is -1.74. The predicted molar refractivity (Wildman–Crippen MR) is 44.0 cm³/mol. The Bertz CT molecular complexity index is 324. The molecule has 0 atom stereocenters. The molecule has 0 spiro atoms. The fourth-order valence-corrected chi connectivity index (χ4v) is 1.10. The minimum Gasteiger partial charge on any atom is -0.367 e. The van der Waals surface area contributed by atoms with Crippen molar-refractivity contribution in [2.24, 2.45) is 0 Å². The summed E-state index contributed by atoms with van der Waals surface area (Å²) in [5.41, 5.74) is 2.09. The van der Waals surface area contributed by atoms with Crippen molar-refractivity contribution in [2.75, 3.05) is 0 Å². The highest BCUT2D eigenvalue weighted by atomic mass is 14.6. The van der Waals surface area contributed by atoms with E-state index in [2.05, 4.69) is 17.1 Å². The number of nitriles is 2. The SMILES string of the molecule is N#CCCc1c[nH]cc1CC#N. The zero-order valence-corrected chi connectivity index (χ0v) is 6.67. The van der Waals surface area contributed by atoms with Gasteiger partial charge in [-0.1, -0.05) is 0 Å². The highest BCUT2D eigenvalue weighted by molar-refractivity contribution is 5.26. The predicted octanol–water partition coefficient (Wildman–Crippen LogP) is 1.54. The standard InChI is InChI=1S/C9H9N3/c10-4-1-2-8-6-12-7-9(8)3-5-11/h6-7,12H,1-3H2. The monoisotopic (exact) mass is 159 g/mol. The van der Waals surface area contributed by atoms with E-state index in [9.17, 15) is 0 Å². The van der Waals surface area contributed by atoms with Gasteiger partial charge in [-0.05, 0) is 17.5 Å². The van der Waals surface area contributed by atoms with Gasteiger partial charge in [-0.15, -0.1) is 0 Å². The molecule has 0 amide bonds. The molecular formula is C9H9N3. The number of nitrogens with one attached hydrogen (secondary N) is 1. The van der Waals surface area contributed by atoms with E-state index in [4.69, 9.17) is 10.5 Å². The summed E-state index contributed by atoms with van der Waals surface area (Å²) >= 11 is 0. The number of H-pyrrole nitrogens is 1. The first kappa shape index (κ1) is 8.36. The minimum absolute atomic E-state index is 0.421. The fourth-order valence-electron chi connectivity index (χ4n) is 1.10. The van der Waals surface area contributed by atoms with Crippen LogP contribution < -0.4 is 0 Å². The first-order valence-electron chi connectivity index (χ1n) is 3.77. The Kier molecular flexibility index (Phi) is 2.93. The molecule has 0 saturated carbocycles. The second-order valence-corrected chi connectivity index (χ2v) is 2.50. The van der Waals surface area contributed by atoms with Gasteiger partial charge < -0.3 is 4.98 Å². The van der Waals surface area contributed by atoms with Gasteiger partial charge in [0.2, 0.25) is 0 Å². The molecule has 0 radical (unpaired) electrons. The van der Waals surface area contributed by atoms with Gasteiger partial charge in [-0.3, -0.25) is 0 Å². The molecule has 0 aliphatic heterocycles. The minimum atomic E-state index is 0.421. The van der Waals surface area contributed by atoms with Crippen molar-refractivity contribution >= 4 is 0 Å². The van der Waals surface area contributed by atoms with Gasteiger partial charge >= 0.3 is 0 Å². The molecule has 0 aliphatic rings. The summed E-state index contributed by atoms with van der Waals surface area (Å²) in [5, 5.41) is 16.8. The summed E-state index contributed by atoms with van der Waals surface area (Å²) in [4.78, 5) is 2.93. The van der Waals surface area contributed by atoms with Crippen LogP contribution in [0.1, 0.15) is 17.5 Å². The summed E-state index contributed by atoms with van der Waals surface area (Å²) in [6.07, 6.45) is 5.33.